The number of rotatable bonds is 14. The van der Waals surface area contributed by atoms with Crippen LogP contribution in [0.5, 0.6) is 5.75 Å². The normalized spacial score (nSPS) is 14.2. The number of anilines is 1. The quantitative estimate of drug-likeness (QED) is 0.238. The van der Waals surface area contributed by atoms with Crippen LogP contribution < -0.4 is 14.4 Å². The first-order chi connectivity index (χ1) is 20.6. The first kappa shape index (κ1) is 32.5. The van der Waals surface area contributed by atoms with Crippen LogP contribution in [0, 0.1) is 0 Å². The molecule has 1 aliphatic rings. The maximum atomic E-state index is 14.0. The monoisotopic (exact) mass is 669 g/mol. The lowest BCUT2D eigenvalue weighted by Crippen LogP contribution is -2.52. The molecule has 3 aromatic rings. The Morgan fingerprint density at radius 1 is 0.953 bits per heavy atom. The van der Waals surface area contributed by atoms with E-state index in [2.05, 4.69) is 21.2 Å². The Labute approximate surface area is 263 Å². The molecule has 1 N–H and O–H groups in total. The Morgan fingerprint density at radius 2 is 1.60 bits per heavy atom. The summed E-state index contributed by atoms with van der Waals surface area (Å²) in [5, 5.41) is 3.22. The van der Waals surface area contributed by atoms with Gasteiger partial charge in [-0.3, -0.25) is 13.9 Å². The second-order valence-corrected chi connectivity index (χ2v) is 13.8. The van der Waals surface area contributed by atoms with Crippen LogP contribution in [-0.2, 0) is 32.6 Å². The number of amides is 2. The van der Waals surface area contributed by atoms with Gasteiger partial charge in [-0.15, -0.1) is 0 Å². The van der Waals surface area contributed by atoms with Crippen molar-refractivity contribution >= 4 is 43.5 Å². The van der Waals surface area contributed by atoms with Gasteiger partial charge in [-0.25, -0.2) is 8.42 Å². The van der Waals surface area contributed by atoms with Gasteiger partial charge in [-0.2, -0.15) is 0 Å². The number of nitrogens with one attached hydrogen (secondary N) is 1. The summed E-state index contributed by atoms with van der Waals surface area (Å²) in [6.45, 7) is 0.386. The van der Waals surface area contributed by atoms with Crippen molar-refractivity contribution in [2.75, 3.05) is 24.2 Å². The Morgan fingerprint density at radius 3 is 2.21 bits per heavy atom. The van der Waals surface area contributed by atoms with Gasteiger partial charge in [0.25, 0.3) is 0 Å². The lowest BCUT2D eigenvalue weighted by Gasteiger charge is -2.33. The third-order valence-corrected chi connectivity index (χ3v) is 9.47. The fraction of sp³-hybridized carbons (Fsp3) is 0.394. The molecule has 0 saturated heterocycles. The molecule has 43 heavy (non-hydrogen) atoms. The van der Waals surface area contributed by atoms with E-state index >= 15 is 0 Å². The molecule has 8 nitrogen and oxygen atoms in total. The predicted octanol–water partition coefficient (Wildman–Crippen LogP) is 5.70. The third kappa shape index (κ3) is 9.56. The first-order valence-electron chi connectivity index (χ1n) is 14.6. The van der Waals surface area contributed by atoms with Crippen LogP contribution in [-0.4, -0.2) is 57.1 Å². The molecule has 1 saturated carbocycles. The number of methoxy groups -OCH3 is 1. The molecule has 0 spiro atoms. The van der Waals surface area contributed by atoms with Crippen molar-refractivity contribution in [2.45, 2.75) is 63.6 Å². The number of benzene rings is 3. The molecule has 0 aliphatic heterocycles. The minimum absolute atomic E-state index is 0.0840. The molecule has 230 valence electrons. The largest absolute Gasteiger partial charge is 0.497 e. The van der Waals surface area contributed by atoms with Gasteiger partial charge in [0.2, 0.25) is 21.8 Å². The van der Waals surface area contributed by atoms with Crippen LogP contribution in [0.15, 0.2) is 83.3 Å². The minimum atomic E-state index is -3.59. The number of halogens is 1. The van der Waals surface area contributed by atoms with E-state index in [9.17, 15) is 18.0 Å². The number of sulfonamides is 1. The first-order valence-corrected chi connectivity index (χ1v) is 17.3. The molecule has 2 amide bonds. The van der Waals surface area contributed by atoms with Gasteiger partial charge in [0.05, 0.1) is 19.1 Å². The highest BCUT2D eigenvalue weighted by molar-refractivity contribution is 9.10. The van der Waals surface area contributed by atoms with Crippen molar-refractivity contribution in [1.82, 2.24) is 10.2 Å². The van der Waals surface area contributed by atoms with Crippen molar-refractivity contribution < 1.29 is 22.7 Å². The van der Waals surface area contributed by atoms with Gasteiger partial charge in [0.1, 0.15) is 11.8 Å². The van der Waals surface area contributed by atoms with Crippen molar-refractivity contribution in [3.05, 3.63) is 94.5 Å². The Balaban J connectivity index is 1.57. The summed E-state index contributed by atoms with van der Waals surface area (Å²) >= 11 is 3.47. The van der Waals surface area contributed by atoms with E-state index in [4.69, 9.17) is 4.74 Å². The van der Waals surface area contributed by atoms with E-state index in [1.165, 1.54) is 4.31 Å². The highest BCUT2D eigenvalue weighted by Crippen LogP contribution is 2.24. The molecular weight excluding hydrogens is 630 g/mol. The van der Waals surface area contributed by atoms with Crippen molar-refractivity contribution in [1.29, 1.82) is 0 Å². The van der Waals surface area contributed by atoms with E-state index < -0.39 is 16.1 Å². The maximum absolute atomic E-state index is 14.0. The molecule has 1 fully saturated rings. The molecule has 10 heteroatoms. The number of carbonyl (C=O) groups is 2. The molecule has 0 unspecified atom stereocenters. The minimum Gasteiger partial charge on any atom is -0.497 e. The number of ether oxygens (including phenoxy) is 1. The molecule has 0 aromatic heterocycles. The smallest absolute Gasteiger partial charge is 0.243 e. The zero-order chi connectivity index (χ0) is 30.8. The van der Waals surface area contributed by atoms with Crippen LogP contribution in [0.25, 0.3) is 0 Å². The number of nitrogens with zero attached hydrogens (tertiary/aromatic N) is 2. The van der Waals surface area contributed by atoms with Gasteiger partial charge < -0.3 is 15.0 Å². The van der Waals surface area contributed by atoms with Gasteiger partial charge in [-0.1, -0.05) is 71.2 Å². The summed E-state index contributed by atoms with van der Waals surface area (Å²) in [5.74, 6) is 0.266. The number of hydrogen-bond donors (Lipinski definition) is 1. The molecule has 4 rings (SSSR count). The second-order valence-electron chi connectivity index (χ2n) is 11.0. The van der Waals surface area contributed by atoms with Crippen LogP contribution in [0.3, 0.4) is 0 Å². The van der Waals surface area contributed by atoms with Crippen LogP contribution in [0.2, 0.25) is 0 Å². The van der Waals surface area contributed by atoms with Gasteiger partial charge in [0, 0.05) is 36.4 Å². The van der Waals surface area contributed by atoms with Crippen LogP contribution >= 0.6 is 15.9 Å². The molecule has 1 aliphatic carbocycles. The average molecular weight is 671 g/mol. The highest BCUT2D eigenvalue weighted by atomic mass is 79.9. The van der Waals surface area contributed by atoms with Gasteiger partial charge in [-0.05, 0) is 66.8 Å². The summed E-state index contributed by atoms with van der Waals surface area (Å²) in [6.07, 6.45) is 5.96. The van der Waals surface area contributed by atoms with Crippen LogP contribution in [0.1, 0.15) is 49.7 Å². The van der Waals surface area contributed by atoms with Gasteiger partial charge >= 0.3 is 0 Å². The lowest BCUT2D eigenvalue weighted by molar-refractivity contribution is -0.141. The highest BCUT2D eigenvalue weighted by Gasteiger charge is 2.32. The summed E-state index contributed by atoms with van der Waals surface area (Å²) in [7, 11) is -2.04. The van der Waals surface area contributed by atoms with E-state index in [1.54, 1.807) is 36.3 Å². The lowest BCUT2D eigenvalue weighted by atomic mass is 10.0. The standard InChI is InChI=1S/C33H40BrN3O5S/c1-42-30-20-18-29(19-21-30)37(43(2,40)41)22-8-13-32(38)36(24-26-14-16-27(34)17-15-26)31(23-25-9-4-3-5-10-25)33(39)35-28-11-6-7-12-28/h3-5,9-10,14-21,28,31H,6-8,11-13,22-24H2,1-2H3,(H,35,39)/t31-/m1/s1. The zero-order valence-electron chi connectivity index (χ0n) is 24.7. The number of hydrogen-bond acceptors (Lipinski definition) is 5. The molecule has 0 heterocycles. The predicted molar refractivity (Wildman–Crippen MR) is 173 cm³/mol. The summed E-state index contributed by atoms with van der Waals surface area (Å²) in [6, 6.07) is 23.6. The molecule has 0 radical (unpaired) electrons. The van der Waals surface area contributed by atoms with Crippen molar-refractivity contribution in [3.8, 4) is 5.75 Å². The van der Waals surface area contributed by atoms with Crippen LogP contribution in [0.4, 0.5) is 5.69 Å². The maximum Gasteiger partial charge on any atom is 0.243 e. The molecular formula is C33H40BrN3O5S. The Bertz CT molecular complexity index is 1440. The third-order valence-electron chi connectivity index (χ3n) is 7.75. The zero-order valence-corrected chi connectivity index (χ0v) is 27.1. The summed E-state index contributed by atoms with van der Waals surface area (Å²) < 4.78 is 32.8. The molecule has 1 atom stereocenters. The fourth-order valence-corrected chi connectivity index (χ4v) is 6.69. The Kier molecular flexibility index (Phi) is 11.6. The Hall–Kier alpha value is -3.37. The van der Waals surface area contributed by atoms with Crippen molar-refractivity contribution in [2.24, 2.45) is 0 Å². The molecule has 3 aromatic carbocycles. The topological polar surface area (TPSA) is 96.0 Å². The number of carbonyl (C=O) groups excluding carboxylic acids is 2. The fourth-order valence-electron chi connectivity index (χ4n) is 5.46. The van der Waals surface area contributed by atoms with E-state index in [0.29, 0.717) is 17.9 Å². The van der Waals surface area contributed by atoms with E-state index in [-0.39, 0.29) is 43.8 Å². The summed E-state index contributed by atoms with van der Waals surface area (Å²) in [5.41, 5.74) is 2.37. The molecule has 0 bridgehead atoms. The van der Waals surface area contributed by atoms with Crippen molar-refractivity contribution in [3.63, 3.8) is 0 Å². The van der Waals surface area contributed by atoms with Gasteiger partial charge in [0.15, 0.2) is 0 Å². The summed E-state index contributed by atoms with van der Waals surface area (Å²) in [4.78, 5) is 29.5. The second kappa shape index (κ2) is 15.4. The van der Waals surface area contributed by atoms with E-state index in [0.717, 1.165) is 47.5 Å². The SMILES string of the molecule is COc1ccc(N(CCCC(=O)N(Cc2ccc(Br)cc2)[C@H](Cc2ccccc2)C(=O)NC2CCCC2)S(C)(=O)=O)cc1. The average Bonchev–Trinajstić information content (AvgIpc) is 3.51. The van der Waals surface area contributed by atoms with E-state index in [1.807, 2.05) is 54.6 Å².